The summed E-state index contributed by atoms with van der Waals surface area (Å²) in [5, 5.41) is 21.6. The van der Waals surface area contributed by atoms with Crippen molar-refractivity contribution in [1.29, 1.82) is 0 Å². The van der Waals surface area contributed by atoms with E-state index in [1.807, 2.05) is 0 Å². The molecular formula is C22H21F4N7O2. The summed E-state index contributed by atoms with van der Waals surface area (Å²) >= 11 is 0. The molecular weight excluding hydrogens is 470 g/mol. The number of halogens is 4. The number of fused-ring (bicyclic) bond motifs is 3. The third kappa shape index (κ3) is 3.92. The molecule has 35 heavy (non-hydrogen) atoms. The number of nitrogens with zero attached hydrogens (tertiary/aromatic N) is 5. The Morgan fingerprint density at radius 1 is 1.26 bits per heavy atom. The molecule has 2 aliphatic carbocycles. The molecule has 2 N–H and O–H groups in total. The van der Waals surface area contributed by atoms with Crippen molar-refractivity contribution < 1.29 is 27.1 Å². The Morgan fingerprint density at radius 2 is 2.09 bits per heavy atom. The summed E-state index contributed by atoms with van der Waals surface area (Å²) in [5.41, 5.74) is 1.10. The van der Waals surface area contributed by atoms with Crippen LogP contribution >= 0.6 is 0 Å². The standard InChI is InChI=1S/C22H21F4N7O2/c23-14-8-13(35-10-22(24,25)26)7-12-3-5-21(17(12)14)9-15-16(20(34)27-21)18(19-28-31-32-29-19)33(30-15)6-4-11-1-2-11/h7-8,11H,1-6,9-10H2,(H,27,34)(H,28,29,31,32)/t21-/m0/s1. The van der Waals surface area contributed by atoms with Gasteiger partial charge in [-0.25, -0.2) is 9.49 Å². The molecule has 3 heterocycles. The molecule has 2 aromatic heterocycles. The van der Waals surface area contributed by atoms with Crippen LogP contribution in [0.15, 0.2) is 12.1 Å². The zero-order valence-electron chi connectivity index (χ0n) is 18.5. The van der Waals surface area contributed by atoms with Gasteiger partial charge in [-0.05, 0) is 47.2 Å². The number of hydrogen-bond donors (Lipinski definition) is 2. The van der Waals surface area contributed by atoms with Gasteiger partial charge in [0.1, 0.15) is 17.3 Å². The van der Waals surface area contributed by atoms with Crippen molar-refractivity contribution in [2.45, 2.75) is 56.8 Å². The summed E-state index contributed by atoms with van der Waals surface area (Å²) in [4.78, 5) is 13.4. The Hall–Kier alpha value is -3.51. The fourth-order valence-corrected chi connectivity index (χ4v) is 5.25. The van der Waals surface area contributed by atoms with Crippen LogP contribution in [0.2, 0.25) is 0 Å². The summed E-state index contributed by atoms with van der Waals surface area (Å²) in [7, 11) is 0. The van der Waals surface area contributed by atoms with Crippen LogP contribution in [0.4, 0.5) is 17.6 Å². The molecule has 184 valence electrons. The number of benzene rings is 1. The molecule has 1 fully saturated rings. The van der Waals surface area contributed by atoms with Crippen LogP contribution in [0, 0.1) is 11.7 Å². The molecule has 1 atom stereocenters. The highest BCUT2D eigenvalue weighted by Gasteiger charge is 2.48. The van der Waals surface area contributed by atoms with E-state index in [0.29, 0.717) is 53.6 Å². The molecule has 0 saturated heterocycles. The average Bonchev–Trinajstić information content (AvgIpc) is 3.16. The Labute approximate surface area is 196 Å². The first-order valence-electron chi connectivity index (χ1n) is 11.4. The Bertz CT molecular complexity index is 1300. The topological polar surface area (TPSA) is 111 Å². The van der Waals surface area contributed by atoms with Crippen molar-refractivity contribution in [3.63, 3.8) is 0 Å². The van der Waals surface area contributed by atoms with Gasteiger partial charge in [0.2, 0.25) is 0 Å². The molecule has 0 bridgehead atoms. The van der Waals surface area contributed by atoms with Gasteiger partial charge in [0.25, 0.3) is 5.91 Å². The first-order valence-corrected chi connectivity index (χ1v) is 11.4. The van der Waals surface area contributed by atoms with Crippen molar-refractivity contribution in [2.24, 2.45) is 5.92 Å². The lowest BCUT2D eigenvalue weighted by atomic mass is 9.82. The van der Waals surface area contributed by atoms with Gasteiger partial charge in [0.05, 0.1) is 16.8 Å². The van der Waals surface area contributed by atoms with E-state index in [0.717, 1.165) is 12.5 Å². The predicted molar refractivity (Wildman–Crippen MR) is 112 cm³/mol. The Balaban J connectivity index is 1.36. The highest BCUT2D eigenvalue weighted by atomic mass is 19.4. The lowest BCUT2D eigenvalue weighted by Crippen LogP contribution is -2.50. The van der Waals surface area contributed by atoms with Gasteiger partial charge in [-0.15, -0.1) is 5.10 Å². The third-order valence-electron chi connectivity index (χ3n) is 6.94. The molecule has 1 aromatic carbocycles. The quantitative estimate of drug-likeness (QED) is 0.513. The lowest BCUT2D eigenvalue weighted by molar-refractivity contribution is -0.153. The van der Waals surface area contributed by atoms with Crippen molar-refractivity contribution in [3.05, 3.63) is 40.3 Å². The van der Waals surface area contributed by atoms with Gasteiger partial charge in [-0.2, -0.15) is 18.3 Å². The van der Waals surface area contributed by atoms with E-state index >= 15 is 4.39 Å². The molecule has 1 amide bonds. The van der Waals surface area contributed by atoms with Crippen LogP contribution in [0.1, 0.15) is 52.9 Å². The lowest BCUT2D eigenvalue weighted by Gasteiger charge is -2.35. The molecule has 0 radical (unpaired) electrons. The van der Waals surface area contributed by atoms with Crippen molar-refractivity contribution in [1.82, 2.24) is 35.7 Å². The maximum absolute atomic E-state index is 15.3. The highest BCUT2D eigenvalue weighted by molar-refractivity contribution is 6.02. The number of aryl methyl sites for hydroxylation is 2. The number of alkyl halides is 3. The maximum Gasteiger partial charge on any atom is 0.422 e. The van der Waals surface area contributed by atoms with Crippen molar-refractivity contribution >= 4 is 5.91 Å². The molecule has 1 saturated carbocycles. The third-order valence-corrected chi connectivity index (χ3v) is 6.94. The van der Waals surface area contributed by atoms with Crippen LogP contribution in [-0.4, -0.2) is 49.1 Å². The SMILES string of the molecule is O=C1N[C@@]2(CCc3cc(OCC(F)(F)F)cc(F)c32)Cc2nn(CCC3CC3)c(-c3nnn[nH]3)c21. The number of rotatable bonds is 6. The van der Waals surface area contributed by atoms with Gasteiger partial charge in [-0.1, -0.05) is 12.8 Å². The normalized spacial score (nSPS) is 21.2. The fraction of sp³-hybridized carbons (Fsp3) is 0.500. The molecule has 0 unspecified atom stereocenters. The molecule has 1 aliphatic heterocycles. The summed E-state index contributed by atoms with van der Waals surface area (Å²) < 4.78 is 59.4. The molecule has 9 nitrogen and oxygen atoms in total. The van der Waals surface area contributed by atoms with Crippen molar-refractivity contribution in [3.8, 4) is 17.3 Å². The minimum atomic E-state index is -4.53. The second-order valence-electron chi connectivity index (χ2n) is 9.43. The molecule has 3 aromatic rings. The molecule has 6 rings (SSSR count). The first kappa shape index (κ1) is 22.0. The Kier molecular flexibility index (Phi) is 4.87. The van der Waals surface area contributed by atoms with Crippen LogP contribution in [0.5, 0.6) is 5.75 Å². The van der Waals surface area contributed by atoms with E-state index in [-0.39, 0.29) is 17.7 Å². The minimum absolute atomic E-state index is 0.192. The number of H-pyrrole nitrogens is 1. The van der Waals surface area contributed by atoms with Gasteiger partial charge in [-0.3, -0.25) is 9.48 Å². The maximum atomic E-state index is 15.3. The summed E-state index contributed by atoms with van der Waals surface area (Å²) in [6.45, 7) is -0.910. The van der Waals surface area contributed by atoms with E-state index in [2.05, 4.69) is 25.9 Å². The number of carbonyl (C=O) groups excluding carboxylic acids is 1. The number of amides is 1. The monoisotopic (exact) mass is 491 g/mol. The van der Waals surface area contributed by atoms with Gasteiger partial charge in [0.15, 0.2) is 12.4 Å². The Morgan fingerprint density at radius 3 is 2.80 bits per heavy atom. The fourth-order valence-electron chi connectivity index (χ4n) is 5.25. The second kappa shape index (κ2) is 7.75. The largest absolute Gasteiger partial charge is 0.484 e. The summed E-state index contributed by atoms with van der Waals surface area (Å²) in [6, 6.07) is 2.36. The number of aromatic nitrogens is 6. The smallest absolute Gasteiger partial charge is 0.422 e. The van der Waals surface area contributed by atoms with Gasteiger partial charge in [0, 0.05) is 24.6 Å². The van der Waals surface area contributed by atoms with E-state index in [1.54, 1.807) is 4.68 Å². The molecule has 13 heteroatoms. The van der Waals surface area contributed by atoms with E-state index < -0.39 is 30.0 Å². The molecule has 3 aliphatic rings. The van der Waals surface area contributed by atoms with E-state index in [4.69, 9.17) is 9.84 Å². The van der Waals surface area contributed by atoms with E-state index in [9.17, 15) is 18.0 Å². The number of carbonyl (C=O) groups is 1. The summed E-state index contributed by atoms with van der Waals surface area (Å²) in [6.07, 6.45) is -0.248. The number of nitrogens with one attached hydrogen (secondary N) is 2. The van der Waals surface area contributed by atoms with Crippen LogP contribution < -0.4 is 10.1 Å². The van der Waals surface area contributed by atoms with Crippen LogP contribution in [-0.2, 0) is 24.9 Å². The zero-order valence-corrected chi connectivity index (χ0v) is 18.5. The summed E-state index contributed by atoms with van der Waals surface area (Å²) in [5.74, 6) is -0.358. The second-order valence-corrected chi connectivity index (χ2v) is 9.43. The number of ether oxygens (including phenoxy) is 1. The number of tetrazole rings is 1. The number of aromatic amines is 1. The van der Waals surface area contributed by atoms with Crippen LogP contribution in [0.25, 0.3) is 11.5 Å². The van der Waals surface area contributed by atoms with Crippen molar-refractivity contribution in [2.75, 3.05) is 6.61 Å². The van der Waals surface area contributed by atoms with Gasteiger partial charge < -0.3 is 10.1 Å². The van der Waals surface area contributed by atoms with E-state index in [1.165, 1.54) is 18.9 Å². The predicted octanol–water partition coefficient (Wildman–Crippen LogP) is 3.07. The zero-order chi connectivity index (χ0) is 24.4. The highest BCUT2D eigenvalue weighted by Crippen LogP contribution is 2.46. The van der Waals surface area contributed by atoms with Gasteiger partial charge >= 0.3 is 6.18 Å². The molecule has 1 spiro atoms. The average molecular weight is 491 g/mol. The minimum Gasteiger partial charge on any atom is -0.484 e. The van der Waals surface area contributed by atoms with Crippen LogP contribution in [0.3, 0.4) is 0 Å². The number of hydrogen-bond acceptors (Lipinski definition) is 6. The first-order chi connectivity index (χ1) is 16.7.